The number of carboxylic acid groups (broad SMARTS) is 1. The summed E-state index contributed by atoms with van der Waals surface area (Å²) in [6, 6.07) is 3.88. The molecule has 0 bridgehead atoms. The van der Waals surface area contributed by atoms with Gasteiger partial charge >= 0.3 is 5.97 Å². The third kappa shape index (κ3) is 3.54. The van der Waals surface area contributed by atoms with Crippen LogP contribution in [0.5, 0.6) is 0 Å². The van der Waals surface area contributed by atoms with Crippen molar-refractivity contribution in [3.05, 3.63) is 28.2 Å². The van der Waals surface area contributed by atoms with E-state index in [0.29, 0.717) is 4.47 Å². The molecule has 1 unspecified atom stereocenters. The van der Waals surface area contributed by atoms with Crippen LogP contribution in [-0.2, 0) is 4.79 Å². The van der Waals surface area contributed by atoms with Gasteiger partial charge in [-0.15, -0.1) is 0 Å². The van der Waals surface area contributed by atoms with E-state index in [9.17, 15) is 9.59 Å². The molecule has 1 aromatic rings. The van der Waals surface area contributed by atoms with Crippen LogP contribution in [0.1, 0.15) is 24.2 Å². The van der Waals surface area contributed by atoms with E-state index in [4.69, 9.17) is 10.8 Å². The molecule has 0 aromatic heterocycles. The molecule has 98 valence electrons. The van der Waals surface area contributed by atoms with E-state index in [0.717, 1.165) is 0 Å². The lowest BCUT2D eigenvalue weighted by Gasteiger charge is -2.16. The lowest BCUT2D eigenvalue weighted by molar-refractivity contribution is -0.118. The Kier molecular flexibility index (Phi) is 4.86. The molecule has 6 heteroatoms. The molecule has 1 aromatic carbocycles. The Hall–Kier alpha value is -1.40. The van der Waals surface area contributed by atoms with Gasteiger partial charge in [-0.3, -0.25) is 4.79 Å². The molecule has 0 radical (unpaired) electrons. The summed E-state index contributed by atoms with van der Waals surface area (Å²) in [6.45, 7) is 3.65. The van der Waals surface area contributed by atoms with Gasteiger partial charge in [0, 0.05) is 4.47 Å². The van der Waals surface area contributed by atoms with Crippen molar-refractivity contribution in [1.82, 2.24) is 0 Å². The number of carbonyl (C=O) groups is 2. The average molecular weight is 315 g/mol. The number of anilines is 1. The first-order chi connectivity index (χ1) is 8.32. The minimum Gasteiger partial charge on any atom is -0.478 e. The normalized spacial score (nSPS) is 12.3. The van der Waals surface area contributed by atoms with Crippen molar-refractivity contribution in [1.29, 1.82) is 0 Å². The largest absolute Gasteiger partial charge is 0.478 e. The number of benzene rings is 1. The van der Waals surface area contributed by atoms with Crippen molar-refractivity contribution < 1.29 is 14.7 Å². The Morgan fingerprint density at radius 2 is 2.00 bits per heavy atom. The summed E-state index contributed by atoms with van der Waals surface area (Å²) in [5.41, 5.74) is 5.97. The van der Waals surface area contributed by atoms with Crippen molar-refractivity contribution in [2.45, 2.75) is 19.9 Å². The highest BCUT2D eigenvalue weighted by molar-refractivity contribution is 9.10. The van der Waals surface area contributed by atoms with Crippen molar-refractivity contribution in [3.8, 4) is 0 Å². The maximum atomic E-state index is 11.8. The molecule has 0 aliphatic heterocycles. The molecule has 0 aliphatic rings. The van der Waals surface area contributed by atoms with Crippen LogP contribution in [0.4, 0.5) is 5.69 Å². The van der Waals surface area contributed by atoms with Crippen LogP contribution in [0.25, 0.3) is 0 Å². The molecule has 0 saturated heterocycles. The summed E-state index contributed by atoms with van der Waals surface area (Å²) in [7, 11) is 0. The average Bonchev–Trinajstić information content (AvgIpc) is 2.27. The summed E-state index contributed by atoms with van der Waals surface area (Å²) in [5, 5.41) is 11.6. The number of hydrogen-bond acceptors (Lipinski definition) is 3. The second-order valence-corrected chi connectivity index (χ2v) is 5.17. The first-order valence-corrected chi connectivity index (χ1v) is 6.21. The van der Waals surface area contributed by atoms with Gasteiger partial charge in [-0.05, 0) is 24.1 Å². The van der Waals surface area contributed by atoms with Gasteiger partial charge in [-0.1, -0.05) is 29.8 Å². The molecule has 0 saturated carbocycles. The monoisotopic (exact) mass is 314 g/mol. The van der Waals surface area contributed by atoms with Gasteiger partial charge in [0.15, 0.2) is 0 Å². The molecule has 0 aliphatic carbocycles. The topological polar surface area (TPSA) is 92.4 Å². The fourth-order valence-electron chi connectivity index (χ4n) is 1.33. The van der Waals surface area contributed by atoms with Crippen LogP contribution < -0.4 is 11.1 Å². The zero-order valence-electron chi connectivity index (χ0n) is 10.1. The van der Waals surface area contributed by atoms with Crippen LogP contribution in [0, 0.1) is 5.92 Å². The molecular formula is C12H15BrN2O3. The van der Waals surface area contributed by atoms with E-state index in [1.165, 1.54) is 12.1 Å². The van der Waals surface area contributed by atoms with E-state index < -0.39 is 17.9 Å². The number of rotatable bonds is 4. The highest BCUT2D eigenvalue weighted by atomic mass is 79.9. The Labute approximate surface area is 113 Å². The minimum absolute atomic E-state index is 0.0227. The predicted octanol–water partition coefficient (Wildman–Crippen LogP) is 2.07. The van der Waals surface area contributed by atoms with E-state index in [1.807, 2.05) is 13.8 Å². The molecule has 5 nitrogen and oxygen atoms in total. The van der Waals surface area contributed by atoms with Crippen molar-refractivity contribution >= 4 is 33.5 Å². The fraction of sp³-hybridized carbons (Fsp3) is 0.333. The number of hydrogen-bond donors (Lipinski definition) is 3. The molecule has 0 heterocycles. The third-order valence-electron chi connectivity index (χ3n) is 2.49. The maximum absolute atomic E-state index is 11.8. The van der Waals surface area contributed by atoms with Gasteiger partial charge in [-0.2, -0.15) is 0 Å². The Bertz CT molecular complexity index is 474. The smallest absolute Gasteiger partial charge is 0.337 e. The first-order valence-electron chi connectivity index (χ1n) is 5.42. The summed E-state index contributed by atoms with van der Waals surface area (Å²) < 4.78 is 0.681. The third-order valence-corrected chi connectivity index (χ3v) is 2.98. The van der Waals surface area contributed by atoms with Gasteiger partial charge < -0.3 is 16.2 Å². The maximum Gasteiger partial charge on any atom is 0.337 e. The standard InChI is InChI=1S/C12H15BrN2O3/c1-6(2)10(14)11(16)15-9-5-7(13)3-4-8(9)12(17)18/h3-6,10H,14H2,1-2H3,(H,15,16)(H,17,18). The molecular weight excluding hydrogens is 300 g/mol. The fourth-order valence-corrected chi connectivity index (χ4v) is 1.69. The lowest BCUT2D eigenvalue weighted by atomic mass is 10.0. The Morgan fingerprint density at radius 1 is 1.39 bits per heavy atom. The molecule has 18 heavy (non-hydrogen) atoms. The van der Waals surface area contributed by atoms with Crippen LogP contribution in [0.15, 0.2) is 22.7 Å². The summed E-state index contributed by atoms with van der Waals surface area (Å²) >= 11 is 3.23. The second-order valence-electron chi connectivity index (χ2n) is 4.25. The number of carbonyl (C=O) groups excluding carboxylic acids is 1. The summed E-state index contributed by atoms with van der Waals surface area (Å²) in [5.74, 6) is -1.52. The van der Waals surface area contributed by atoms with Crippen molar-refractivity contribution in [2.24, 2.45) is 11.7 Å². The quantitative estimate of drug-likeness (QED) is 0.793. The number of nitrogens with two attached hydrogens (primary N) is 1. The van der Waals surface area contributed by atoms with Crippen LogP contribution in [0.3, 0.4) is 0 Å². The van der Waals surface area contributed by atoms with Gasteiger partial charge in [0.1, 0.15) is 0 Å². The highest BCUT2D eigenvalue weighted by Gasteiger charge is 2.19. The molecule has 4 N–H and O–H groups in total. The zero-order chi connectivity index (χ0) is 13.9. The predicted molar refractivity (Wildman–Crippen MR) is 72.5 cm³/mol. The Morgan fingerprint density at radius 3 is 2.50 bits per heavy atom. The number of nitrogens with one attached hydrogen (secondary N) is 1. The van der Waals surface area contributed by atoms with Crippen molar-refractivity contribution in [2.75, 3.05) is 5.32 Å². The number of halogens is 1. The number of carboxylic acids is 1. The lowest BCUT2D eigenvalue weighted by Crippen LogP contribution is -2.40. The summed E-state index contributed by atoms with van der Waals surface area (Å²) in [4.78, 5) is 22.8. The van der Waals surface area contributed by atoms with Gasteiger partial charge in [-0.25, -0.2) is 4.79 Å². The van der Waals surface area contributed by atoms with Gasteiger partial charge in [0.2, 0.25) is 5.91 Å². The summed E-state index contributed by atoms with van der Waals surface area (Å²) in [6.07, 6.45) is 0. The first kappa shape index (κ1) is 14.7. The molecule has 1 amide bonds. The Balaban J connectivity index is 2.99. The molecule has 0 fully saturated rings. The van der Waals surface area contributed by atoms with E-state index >= 15 is 0 Å². The van der Waals surface area contributed by atoms with Gasteiger partial charge in [0.25, 0.3) is 0 Å². The number of aromatic carboxylic acids is 1. The van der Waals surface area contributed by atoms with E-state index in [1.54, 1.807) is 6.07 Å². The molecule has 0 spiro atoms. The zero-order valence-corrected chi connectivity index (χ0v) is 11.7. The molecule has 1 atom stereocenters. The van der Waals surface area contributed by atoms with Crippen LogP contribution >= 0.6 is 15.9 Å². The van der Waals surface area contributed by atoms with Crippen LogP contribution in [0.2, 0.25) is 0 Å². The van der Waals surface area contributed by atoms with Crippen LogP contribution in [-0.4, -0.2) is 23.0 Å². The highest BCUT2D eigenvalue weighted by Crippen LogP contribution is 2.22. The van der Waals surface area contributed by atoms with E-state index in [-0.39, 0.29) is 17.2 Å². The SMILES string of the molecule is CC(C)C(N)C(=O)Nc1cc(Br)ccc1C(=O)O. The van der Waals surface area contributed by atoms with E-state index in [2.05, 4.69) is 21.2 Å². The molecule has 1 rings (SSSR count). The second kappa shape index (κ2) is 5.97. The van der Waals surface area contributed by atoms with Gasteiger partial charge in [0.05, 0.1) is 17.3 Å². The minimum atomic E-state index is -1.10. The van der Waals surface area contributed by atoms with Crippen molar-refractivity contribution in [3.63, 3.8) is 0 Å². The number of amides is 1.